The summed E-state index contributed by atoms with van der Waals surface area (Å²) in [7, 11) is 1.64. The highest BCUT2D eigenvalue weighted by molar-refractivity contribution is 5.79. The summed E-state index contributed by atoms with van der Waals surface area (Å²) in [5.74, 6) is 1.48. The number of fused-ring (bicyclic) bond motifs is 1. The van der Waals surface area contributed by atoms with Gasteiger partial charge in [0.05, 0.1) is 18.0 Å². The second-order valence-electron chi connectivity index (χ2n) is 5.14. The van der Waals surface area contributed by atoms with Crippen LogP contribution < -0.4 is 10.3 Å². The van der Waals surface area contributed by atoms with E-state index in [0.717, 1.165) is 16.8 Å². The van der Waals surface area contributed by atoms with Crippen molar-refractivity contribution in [1.82, 2.24) is 9.55 Å². The van der Waals surface area contributed by atoms with Crippen molar-refractivity contribution >= 4 is 23.1 Å². The van der Waals surface area contributed by atoms with Crippen molar-refractivity contribution in [2.24, 2.45) is 0 Å². The first-order valence-electron chi connectivity index (χ1n) is 7.54. The Kier molecular flexibility index (Phi) is 4.24. The van der Waals surface area contributed by atoms with Crippen LogP contribution in [0.4, 0.5) is 0 Å². The molecule has 23 heavy (non-hydrogen) atoms. The van der Waals surface area contributed by atoms with Crippen LogP contribution in [0.5, 0.6) is 5.75 Å². The van der Waals surface area contributed by atoms with Gasteiger partial charge in [-0.2, -0.15) is 0 Å². The summed E-state index contributed by atoms with van der Waals surface area (Å²) >= 11 is 0. The molecule has 0 unspecified atom stereocenters. The molecule has 0 saturated heterocycles. The molecule has 0 radical (unpaired) electrons. The van der Waals surface area contributed by atoms with Gasteiger partial charge in [-0.1, -0.05) is 30.3 Å². The second-order valence-corrected chi connectivity index (χ2v) is 5.14. The van der Waals surface area contributed by atoms with Crippen LogP contribution in [0.3, 0.4) is 0 Å². The lowest BCUT2D eigenvalue weighted by Crippen LogP contribution is -2.22. The third kappa shape index (κ3) is 3.01. The smallest absolute Gasteiger partial charge is 0.261 e. The summed E-state index contributed by atoms with van der Waals surface area (Å²) in [6.45, 7) is 2.53. The summed E-state index contributed by atoms with van der Waals surface area (Å²) in [5, 5.41) is 0.649. The molecule has 116 valence electrons. The molecule has 2 aromatic carbocycles. The van der Waals surface area contributed by atoms with E-state index in [9.17, 15) is 4.79 Å². The summed E-state index contributed by atoms with van der Waals surface area (Å²) in [6.07, 6.45) is 3.82. The van der Waals surface area contributed by atoms with Crippen LogP contribution in [0.2, 0.25) is 0 Å². The highest BCUT2D eigenvalue weighted by Crippen LogP contribution is 2.14. The Morgan fingerprint density at radius 2 is 1.83 bits per heavy atom. The predicted octanol–water partition coefficient (Wildman–Crippen LogP) is 3.60. The Labute approximate surface area is 134 Å². The van der Waals surface area contributed by atoms with Gasteiger partial charge in [-0.25, -0.2) is 4.98 Å². The van der Waals surface area contributed by atoms with E-state index in [-0.39, 0.29) is 5.56 Å². The Morgan fingerprint density at radius 1 is 1.09 bits per heavy atom. The van der Waals surface area contributed by atoms with Gasteiger partial charge in [-0.05, 0) is 42.8 Å². The Morgan fingerprint density at radius 3 is 2.52 bits per heavy atom. The van der Waals surface area contributed by atoms with E-state index in [1.165, 1.54) is 0 Å². The van der Waals surface area contributed by atoms with E-state index in [1.807, 2.05) is 67.6 Å². The molecule has 0 aliphatic heterocycles. The van der Waals surface area contributed by atoms with E-state index in [0.29, 0.717) is 17.8 Å². The first-order valence-corrected chi connectivity index (χ1v) is 7.54. The minimum absolute atomic E-state index is 0.00696. The molecule has 0 aliphatic rings. The molecule has 0 spiro atoms. The molecule has 4 heteroatoms. The minimum Gasteiger partial charge on any atom is -0.497 e. The van der Waals surface area contributed by atoms with E-state index in [1.54, 1.807) is 11.7 Å². The Bertz CT molecular complexity index is 909. The maximum absolute atomic E-state index is 12.5. The number of rotatable bonds is 4. The summed E-state index contributed by atoms with van der Waals surface area (Å²) in [5.41, 5.74) is 1.74. The standard InChI is InChI=1S/C19H18N2O2/c1-3-21-18(13-10-14-8-11-15(23-2)12-9-14)20-17-7-5-4-6-16(17)19(21)22/h4-13H,3H2,1-2H3/b13-10+. The summed E-state index contributed by atoms with van der Waals surface area (Å²) < 4.78 is 6.83. The number of ether oxygens (including phenoxy) is 1. The zero-order chi connectivity index (χ0) is 16.2. The molecule has 0 N–H and O–H groups in total. The van der Waals surface area contributed by atoms with Crippen molar-refractivity contribution in [1.29, 1.82) is 0 Å². The zero-order valence-electron chi connectivity index (χ0n) is 13.2. The van der Waals surface area contributed by atoms with Crippen LogP contribution in [0.15, 0.2) is 53.3 Å². The van der Waals surface area contributed by atoms with Gasteiger partial charge in [0.25, 0.3) is 5.56 Å². The monoisotopic (exact) mass is 306 g/mol. The highest BCUT2D eigenvalue weighted by atomic mass is 16.5. The van der Waals surface area contributed by atoms with Gasteiger partial charge in [0, 0.05) is 6.54 Å². The maximum Gasteiger partial charge on any atom is 0.261 e. The molecule has 3 rings (SSSR count). The van der Waals surface area contributed by atoms with Gasteiger partial charge >= 0.3 is 0 Å². The molecule has 3 aromatic rings. The number of hydrogen-bond donors (Lipinski definition) is 0. The third-order valence-electron chi connectivity index (χ3n) is 3.75. The maximum atomic E-state index is 12.5. The molecule has 0 fully saturated rings. The molecular formula is C19H18N2O2. The first kappa shape index (κ1) is 15.0. The van der Waals surface area contributed by atoms with Crippen LogP contribution in [0.25, 0.3) is 23.1 Å². The van der Waals surface area contributed by atoms with Crippen LogP contribution in [-0.4, -0.2) is 16.7 Å². The van der Waals surface area contributed by atoms with Crippen LogP contribution in [0, 0.1) is 0 Å². The van der Waals surface area contributed by atoms with Gasteiger partial charge in [-0.15, -0.1) is 0 Å². The number of aromatic nitrogens is 2. The van der Waals surface area contributed by atoms with Crippen molar-refractivity contribution in [3.05, 3.63) is 70.3 Å². The summed E-state index contributed by atoms with van der Waals surface area (Å²) in [4.78, 5) is 17.2. The average Bonchev–Trinajstić information content (AvgIpc) is 2.60. The Balaban J connectivity index is 2.04. The summed E-state index contributed by atoms with van der Waals surface area (Å²) in [6, 6.07) is 15.2. The zero-order valence-corrected chi connectivity index (χ0v) is 13.2. The molecular weight excluding hydrogens is 288 g/mol. The van der Waals surface area contributed by atoms with Crippen molar-refractivity contribution in [3.63, 3.8) is 0 Å². The molecule has 0 atom stereocenters. The lowest BCUT2D eigenvalue weighted by molar-refractivity contribution is 0.415. The second kappa shape index (κ2) is 6.48. The van der Waals surface area contributed by atoms with Crippen molar-refractivity contribution in [2.75, 3.05) is 7.11 Å². The fourth-order valence-electron chi connectivity index (χ4n) is 2.50. The van der Waals surface area contributed by atoms with Crippen LogP contribution in [0.1, 0.15) is 18.3 Å². The predicted molar refractivity (Wildman–Crippen MR) is 93.6 cm³/mol. The van der Waals surface area contributed by atoms with E-state index < -0.39 is 0 Å². The van der Waals surface area contributed by atoms with E-state index in [4.69, 9.17) is 4.74 Å². The van der Waals surface area contributed by atoms with Crippen LogP contribution >= 0.6 is 0 Å². The van der Waals surface area contributed by atoms with Gasteiger partial charge in [0.15, 0.2) is 0 Å². The van der Waals surface area contributed by atoms with Crippen molar-refractivity contribution in [2.45, 2.75) is 13.5 Å². The molecule has 0 saturated carbocycles. The van der Waals surface area contributed by atoms with Gasteiger partial charge < -0.3 is 4.74 Å². The molecule has 0 aliphatic carbocycles. The molecule has 0 bridgehead atoms. The van der Waals surface area contributed by atoms with E-state index in [2.05, 4.69) is 4.98 Å². The van der Waals surface area contributed by atoms with Crippen molar-refractivity contribution in [3.8, 4) is 5.75 Å². The normalized spacial score (nSPS) is 11.2. The third-order valence-corrected chi connectivity index (χ3v) is 3.75. The van der Waals surface area contributed by atoms with E-state index >= 15 is 0 Å². The quantitative estimate of drug-likeness (QED) is 0.740. The van der Waals surface area contributed by atoms with Gasteiger partial charge in [0.1, 0.15) is 11.6 Å². The molecule has 0 amide bonds. The Hall–Kier alpha value is -2.88. The number of nitrogens with zero attached hydrogens (tertiary/aromatic N) is 2. The number of benzene rings is 2. The largest absolute Gasteiger partial charge is 0.497 e. The highest BCUT2D eigenvalue weighted by Gasteiger charge is 2.07. The van der Waals surface area contributed by atoms with Gasteiger partial charge in [-0.3, -0.25) is 9.36 Å². The average molecular weight is 306 g/mol. The lowest BCUT2D eigenvalue weighted by Gasteiger charge is -2.08. The number of para-hydroxylation sites is 1. The SMILES string of the molecule is CCn1c(/C=C/c2ccc(OC)cc2)nc2ccccc2c1=O. The van der Waals surface area contributed by atoms with Gasteiger partial charge in [0.2, 0.25) is 0 Å². The molecule has 4 nitrogen and oxygen atoms in total. The lowest BCUT2D eigenvalue weighted by atomic mass is 10.2. The number of hydrogen-bond acceptors (Lipinski definition) is 3. The topological polar surface area (TPSA) is 44.1 Å². The first-order chi connectivity index (χ1) is 11.2. The van der Waals surface area contributed by atoms with Crippen LogP contribution in [-0.2, 0) is 6.54 Å². The van der Waals surface area contributed by atoms with Crippen molar-refractivity contribution < 1.29 is 4.74 Å². The molecule has 1 heterocycles. The number of methoxy groups -OCH3 is 1. The fraction of sp³-hybridized carbons (Fsp3) is 0.158. The minimum atomic E-state index is -0.00696. The molecule has 1 aromatic heterocycles. The fourth-order valence-corrected chi connectivity index (χ4v) is 2.50.